The first kappa shape index (κ1) is 17.1. The van der Waals surface area contributed by atoms with Gasteiger partial charge in [-0.1, -0.05) is 46.2 Å². The Balaban J connectivity index is 2.60. The Morgan fingerprint density at radius 3 is 1.55 bits per heavy atom. The fourth-order valence-electron chi connectivity index (χ4n) is 1.32. The van der Waals surface area contributed by atoms with Gasteiger partial charge >= 0.3 is 0 Å². The molecule has 0 saturated heterocycles. The van der Waals surface area contributed by atoms with Gasteiger partial charge in [0.15, 0.2) is 8.68 Å². The SMILES string of the molecule is CSc1nn(C(C)=O)/c(=N/N=c2/sc(SC)nn2C(C)=O)s1. The lowest BCUT2D eigenvalue weighted by molar-refractivity contribution is 0.0905. The lowest BCUT2D eigenvalue weighted by Crippen LogP contribution is -2.24. The largest absolute Gasteiger partial charge is 0.273 e. The third-order valence-electron chi connectivity index (χ3n) is 2.25. The number of carbonyl (C=O) groups is 2. The van der Waals surface area contributed by atoms with Crippen LogP contribution in [0.1, 0.15) is 23.4 Å². The molecule has 0 amide bonds. The van der Waals surface area contributed by atoms with Gasteiger partial charge in [0, 0.05) is 13.8 Å². The topological polar surface area (TPSA) is 94.5 Å². The van der Waals surface area contributed by atoms with E-state index in [0.717, 1.165) is 0 Å². The third kappa shape index (κ3) is 3.74. The maximum atomic E-state index is 11.6. The van der Waals surface area contributed by atoms with Crippen LogP contribution < -0.4 is 9.60 Å². The first-order valence-electron chi connectivity index (χ1n) is 5.84. The van der Waals surface area contributed by atoms with Crippen LogP contribution in [0.3, 0.4) is 0 Å². The second-order valence-corrected chi connectivity index (χ2v) is 7.79. The third-order valence-corrected chi connectivity index (χ3v) is 6.00. The number of hydrogen-bond acceptors (Lipinski definition) is 10. The van der Waals surface area contributed by atoms with Crippen LogP contribution in [0, 0.1) is 0 Å². The van der Waals surface area contributed by atoms with Crippen molar-refractivity contribution in [2.45, 2.75) is 22.5 Å². The molecule has 0 spiro atoms. The van der Waals surface area contributed by atoms with Crippen molar-refractivity contribution in [2.24, 2.45) is 10.2 Å². The molecule has 2 aromatic rings. The second kappa shape index (κ2) is 7.35. The summed E-state index contributed by atoms with van der Waals surface area (Å²) in [5, 5.41) is 16.4. The maximum Gasteiger partial charge on any atom is 0.246 e. The number of aromatic nitrogens is 4. The minimum atomic E-state index is -0.251. The lowest BCUT2D eigenvalue weighted by atomic mass is 10.7. The molecule has 0 saturated carbocycles. The van der Waals surface area contributed by atoms with E-state index in [1.54, 1.807) is 0 Å². The van der Waals surface area contributed by atoms with Crippen LogP contribution >= 0.6 is 46.2 Å². The predicted octanol–water partition coefficient (Wildman–Crippen LogP) is 1.38. The Kier molecular flexibility index (Phi) is 5.72. The van der Waals surface area contributed by atoms with Crippen molar-refractivity contribution >= 4 is 58.0 Å². The molecular weight excluding hydrogens is 364 g/mol. The van der Waals surface area contributed by atoms with Gasteiger partial charge < -0.3 is 0 Å². The molecule has 2 rings (SSSR count). The smallest absolute Gasteiger partial charge is 0.246 e. The molecule has 12 heteroatoms. The van der Waals surface area contributed by atoms with Crippen LogP contribution in [0.4, 0.5) is 0 Å². The molecule has 2 aromatic heterocycles. The monoisotopic (exact) mass is 376 g/mol. The van der Waals surface area contributed by atoms with Crippen LogP contribution in [0.5, 0.6) is 0 Å². The van der Waals surface area contributed by atoms with Gasteiger partial charge in [-0.05, 0) is 12.5 Å². The van der Waals surface area contributed by atoms with Gasteiger partial charge in [-0.2, -0.15) is 9.36 Å². The molecule has 0 radical (unpaired) electrons. The Morgan fingerprint density at radius 1 is 0.909 bits per heavy atom. The summed E-state index contributed by atoms with van der Waals surface area (Å²) in [7, 11) is 0. The van der Waals surface area contributed by atoms with Gasteiger partial charge in [-0.25, -0.2) is 0 Å². The Morgan fingerprint density at radius 2 is 1.27 bits per heavy atom. The molecule has 0 aliphatic carbocycles. The standard InChI is InChI=1S/C10H12N6O2S4/c1-5(17)15-7(21-9(13-15)19-3)11-12-8-16(6(2)18)14-10(20-4)22-8/h1-4H3/b11-7-,12-8+. The number of carbonyl (C=O) groups excluding carboxylic acids is 2. The van der Waals surface area contributed by atoms with Crippen LogP contribution in [0.2, 0.25) is 0 Å². The maximum absolute atomic E-state index is 11.6. The van der Waals surface area contributed by atoms with Gasteiger partial charge in [0.05, 0.1) is 0 Å². The summed E-state index contributed by atoms with van der Waals surface area (Å²) in [6, 6.07) is 0. The minimum absolute atomic E-state index is 0.251. The molecule has 8 nitrogen and oxygen atoms in total. The molecule has 0 N–H and O–H groups in total. The second-order valence-electron chi connectivity index (χ2n) is 3.77. The quantitative estimate of drug-likeness (QED) is 0.593. The highest BCUT2D eigenvalue weighted by molar-refractivity contribution is 8.00. The van der Waals surface area contributed by atoms with Gasteiger partial charge in [0.1, 0.15) is 0 Å². The van der Waals surface area contributed by atoms with Crippen molar-refractivity contribution in [1.29, 1.82) is 0 Å². The Bertz CT molecular complexity index is 772. The molecule has 0 unspecified atom stereocenters. The van der Waals surface area contributed by atoms with E-state index in [2.05, 4.69) is 20.4 Å². The highest BCUT2D eigenvalue weighted by Gasteiger charge is 2.09. The Labute approximate surface area is 142 Å². The van der Waals surface area contributed by atoms with Crippen LogP contribution in [-0.2, 0) is 0 Å². The van der Waals surface area contributed by atoms with Crippen molar-refractivity contribution < 1.29 is 9.59 Å². The predicted molar refractivity (Wildman–Crippen MR) is 87.5 cm³/mol. The summed E-state index contributed by atoms with van der Waals surface area (Å²) in [5.41, 5.74) is 0. The lowest BCUT2D eigenvalue weighted by Gasteiger charge is -1.91. The van der Waals surface area contributed by atoms with E-state index in [1.165, 1.54) is 69.4 Å². The first-order chi connectivity index (χ1) is 10.5. The highest BCUT2D eigenvalue weighted by Crippen LogP contribution is 2.14. The molecule has 0 fully saturated rings. The number of nitrogens with zero attached hydrogens (tertiary/aromatic N) is 6. The van der Waals surface area contributed by atoms with Gasteiger partial charge in [0.2, 0.25) is 21.4 Å². The van der Waals surface area contributed by atoms with Crippen LogP contribution in [0.25, 0.3) is 0 Å². The van der Waals surface area contributed by atoms with E-state index < -0.39 is 0 Å². The summed E-state index contributed by atoms with van der Waals surface area (Å²) < 4.78 is 3.79. The van der Waals surface area contributed by atoms with E-state index >= 15 is 0 Å². The summed E-state index contributed by atoms with van der Waals surface area (Å²) in [5.74, 6) is -0.502. The molecule has 22 heavy (non-hydrogen) atoms. The summed E-state index contributed by atoms with van der Waals surface area (Å²) in [6.07, 6.45) is 3.73. The number of hydrogen-bond donors (Lipinski definition) is 0. The van der Waals surface area contributed by atoms with E-state index in [0.29, 0.717) is 18.3 Å². The fraction of sp³-hybridized carbons (Fsp3) is 0.400. The fourth-order valence-corrected chi connectivity index (χ4v) is 3.99. The van der Waals surface area contributed by atoms with Crippen molar-refractivity contribution in [3.8, 4) is 0 Å². The van der Waals surface area contributed by atoms with E-state index in [9.17, 15) is 9.59 Å². The van der Waals surface area contributed by atoms with E-state index in [1.807, 2.05) is 12.5 Å². The molecule has 0 bridgehead atoms. The van der Waals surface area contributed by atoms with E-state index in [-0.39, 0.29) is 11.8 Å². The molecule has 0 aliphatic heterocycles. The van der Waals surface area contributed by atoms with Gasteiger partial charge in [-0.3, -0.25) is 9.59 Å². The van der Waals surface area contributed by atoms with Crippen molar-refractivity contribution in [1.82, 2.24) is 19.6 Å². The van der Waals surface area contributed by atoms with Gasteiger partial charge in [0.25, 0.3) is 0 Å². The number of rotatable bonds is 3. The van der Waals surface area contributed by atoms with Crippen molar-refractivity contribution in [3.63, 3.8) is 0 Å². The molecule has 0 atom stereocenters. The average Bonchev–Trinajstić information content (AvgIpc) is 3.08. The zero-order chi connectivity index (χ0) is 16.3. The first-order valence-corrected chi connectivity index (χ1v) is 9.92. The minimum Gasteiger partial charge on any atom is -0.273 e. The van der Waals surface area contributed by atoms with Crippen molar-refractivity contribution in [2.75, 3.05) is 12.5 Å². The molecular formula is C10H12N6O2S4. The molecule has 0 aliphatic rings. The Hall–Kier alpha value is -1.24. The van der Waals surface area contributed by atoms with Crippen LogP contribution in [-0.4, -0.2) is 43.9 Å². The van der Waals surface area contributed by atoms with Crippen LogP contribution in [0.15, 0.2) is 18.9 Å². The highest BCUT2D eigenvalue weighted by atomic mass is 32.2. The molecule has 2 heterocycles. The zero-order valence-corrected chi connectivity index (χ0v) is 15.4. The summed E-state index contributed by atoms with van der Waals surface area (Å²) in [6.45, 7) is 2.80. The summed E-state index contributed by atoms with van der Waals surface area (Å²) >= 11 is 5.34. The van der Waals surface area contributed by atoms with Gasteiger partial charge in [-0.15, -0.1) is 20.4 Å². The summed E-state index contributed by atoms with van der Waals surface area (Å²) in [4.78, 5) is 23.8. The molecule has 0 aromatic carbocycles. The zero-order valence-electron chi connectivity index (χ0n) is 12.1. The normalized spacial score (nSPS) is 12.9. The molecule has 118 valence electrons. The number of thioether (sulfide) groups is 2. The van der Waals surface area contributed by atoms with E-state index in [4.69, 9.17) is 0 Å². The van der Waals surface area contributed by atoms with Crippen molar-refractivity contribution in [3.05, 3.63) is 9.60 Å². The average molecular weight is 377 g/mol.